The molecule has 0 unspecified atom stereocenters. The Kier molecular flexibility index (Phi) is 6.10. The molecule has 25 heavy (non-hydrogen) atoms. The van der Waals surface area contributed by atoms with E-state index in [0.29, 0.717) is 0 Å². The van der Waals surface area contributed by atoms with Gasteiger partial charge in [0.25, 0.3) is 5.91 Å². The zero-order valence-electron chi connectivity index (χ0n) is 14.5. The topological polar surface area (TPSA) is 34.0 Å². The SMILES string of the molecule is Cc1cccc(OCC(=O)N2CC[NH+](Cc3ccccc3Br)CC2)c1. The summed E-state index contributed by atoms with van der Waals surface area (Å²) in [5, 5.41) is 0. The monoisotopic (exact) mass is 403 g/mol. The van der Waals surface area contributed by atoms with Gasteiger partial charge in [0.2, 0.25) is 0 Å². The first-order valence-electron chi connectivity index (χ1n) is 8.66. The lowest BCUT2D eigenvalue weighted by Gasteiger charge is -2.32. The molecule has 0 aromatic heterocycles. The van der Waals surface area contributed by atoms with E-state index < -0.39 is 0 Å². The predicted molar refractivity (Wildman–Crippen MR) is 102 cm³/mol. The van der Waals surface area contributed by atoms with Crippen LogP contribution in [-0.2, 0) is 11.3 Å². The Morgan fingerprint density at radius 3 is 2.64 bits per heavy atom. The number of carbonyl (C=O) groups is 1. The molecule has 0 spiro atoms. The van der Waals surface area contributed by atoms with Crippen LogP contribution in [0.5, 0.6) is 5.75 Å². The number of nitrogens with zero attached hydrogens (tertiary/aromatic N) is 1. The van der Waals surface area contributed by atoms with Gasteiger partial charge in [-0.2, -0.15) is 0 Å². The van der Waals surface area contributed by atoms with Crippen molar-refractivity contribution < 1.29 is 14.4 Å². The van der Waals surface area contributed by atoms with Crippen molar-refractivity contribution in [3.8, 4) is 5.75 Å². The van der Waals surface area contributed by atoms with Crippen molar-refractivity contribution >= 4 is 21.8 Å². The van der Waals surface area contributed by atoms with E-state index >= 15 is 0 Å². The Labute approximate surface area is 157 Å². The summed E-state index contributed by atoms with van der Waals surface area (Å²) in [6.45, 7) is 6.63. The van der Waals surface area contributed by atoms with Crippen molar-refractivity contribution in [2.45, 2.75) is 13.5 Å². The van der Waals surface area contributed by atoms with Crippen molar-refractivity contribution in [1.29, 1.82) is 0 Å². The van der Waals surface area contributed by atoms with Gasteiger partial charge in [0, 0.05) is 10.0 Å². The van der Waals surface area contributed by atoms with Crippen LogP contribution < -0.4 is 9.64 Å². The van der Waals surface area contributed by atoms with E-state index in [1.54, 1.807) is 0 Å². The van der Waals surface area contributed by atoms with E-state index in [1.165, 1.54) is 10.5 Å². The zero-order valence-corrected chi connectivity index (χ0v) is 16.1. The molecule has 1 aliphatic heterocycles. The van der Waals surface area contributed by atoms with Crippen molar-refractivity contribution in [3.63, 3.8) is 0 Å². The quantitative estimate of drug-likeness (QED) is 0.828. The second-order valence-electron chi connectivity index (χ2n) is 6.50. The summed E-state index contributed by atoms with van der Waals surface area (Å²) >= 11 is 3.61. The number of piperazine rings is 1. The van der Waals surface area contributed by atoms with Crippen LogP contribution in [0.25, 0.3) is 0 Å². The molecular formula is C20H24BrN2O2+. The Morgan fingerprint density at radius 2 is 1.92 bits per heavy atom. The normalized spacial score (nSPS) is 15.2. The Bertz CT molecular complexity index is 727. The van der Waals surface area contributed by atoms with Gasteiger partial charge in [-0.25, -0.2) is 0 Å². The number of amides is 1. The van der Waals surface area contributed by atoms with Crippen LogP contribution >= 0.6 is 15.9 Å². The molecule has 2 aromatic carbocycles. The Morgan fingerprint density at radius 1 is 1.16 bits per heavy atom. The number of benzene rings is 2. The van der Waals surface area contributed by atoms with Crippen LogP contribution in [-0.4, -0.2) is 43.6 Å². The molecule has 1 saturated heterocycles. The van der Waals surface area contributed by atoms with Crippen molar-refractivity contribution in [3.05, 3.63) is 64.1 Å². The number of ether oxygens (including phenoxy) is 1. The molecule has 132 valence electrons. The smallest absolute Gasteiger partial charge is 0.260 e. The van der Waals surface area contributed by atoms with Crippen LogP contribution in [0.1, 0.15) is 11.1 Å². The number of quaternary nitrogens is 1. The molecule has 2 aromatic rings. The highest BCUT2D eigenvalue weighted by atomic mass is 79.9. The highest BCUT2D eigenvalue weighted by molar-refractivity contribution is 9.10. The molecule has 0 bridgehead atoms. The zero-order chi connectivity index (χ0) is 17.6. The van der Waals surface area contributed by atoms with Gasteiger partial charge in [0.1, 0.15) is 12.3 Å². The van der Waals surface area contributed by atoms with E-state index in [2.05, 4.69) is 34.1 Å². The molecule has 1 heterocycles. The third-order valence-electron chi connectivity index (χ3n) is 4.57. The minimum absolute atomic E-state index is 0.0708. The van der Waals surface area contributed by atoms with Crippen LogP contribution in [0.2, 0.25) is 0 Å². The van der Waals surface area contributed by atoms with Gasteiger partial charge in [-0.15, -0.1) is 0 Å². The predicted octanol–water partition coefficient (Wildman–Crippen LogP) is 2.06. The fourth-order valence-corrected chi connectivity index (χ4v) is 3.53. The highest BCUT2D eigenvalue weighted by Gasteiger charge is 2.24. The van der Waals surface area contributed by atoms with Crippen LogP contribution in [0.3, 0.4) is 0 Å². The molecule has 0 saturated carbocycles. The molecule has 5 heteroatoms. The van der Waals surface area contributed by atoms with Crippen molar-refractivity contribution in [1.82, 2.24) is 4.90 Å². The largest absolute Gasteiger partial charge is 0.484 e. The van der Waals surface area contributed by atoms with Crippen LogP contribution in [0, 0.1) is 6.92 Å². The second-order valence-corrected chi connectivity index (χ2v) is 7.36. The Hall–Kier alpha value is -1.85. The van der Waals surface area contributed by atoms with Crippen LogP contribution in [0.4, 0.5) is 0 Å². The van der Waals surface area contributed by atoms with E-state index in [1.807, 2.05) is 42.2 Å². The average molecular weight is 404 g/mol. The summed E-state index contributed by atoms with van der Waals surface area (Å²) in [6.07, 6.45) is 0. The lowest BCUT2D eigenvalue weighted by atomic mass is 10.2. The van der Waals surface area contributed by atoms with Crippen molar-refractivity contribution in [2.75, 3.05) is 32.8 Å². The minimum atomic E-state index is 0.0708. The van der Waals surface area contributed by atoms with E-state index in [-0.39, 0.29) is 12.5 Å². The maximum Gasteiger partial charge on any atom is 0.260 e. The number of hydrogen-bond acceptors (Lipinski definition) is 2. The Balaban J connectivity index is 1.45. The van der Waals surface area contributed by atoms with Gasteiger partial charge >= 0.3 is 0 Å². The van der Waals surface area contributed by atoms with Gasteiger partial charge in [-0.3, -0.25) is 4.79 Å². The number of rotatable bonds is 5. The molecule has 0 aliphatic carbocycles. The summed E-state index contributed by atoms with van der Waals surface area (Å²) in [5.41, 5.74) is 2.45. The molecular weight excluding hydrogens is 380 g/mol. The first kappa shape index (κ1) is 18.0. The maximum absolute atomic E-state index is 12.4. The molecule has 4 nitrogen and oxygen atoms in total. The van der Waals surface area contributed by atoms with Gasteiger partial charge < -0.3 is 14.5 Å². The lowest BCUT2D eigenvalue weighted by Crippen LogP contribution is -3.13. The molecule has 3 rings (SSSR count). The molecule has 1 N–H and O–H groups in total. The summed E-state index contributed by atoms with van der Waals surface area (Å²) in [5.74, 6) is 0.827. The van der Waals surface area contributed by atoms with Gasteiger partial charge in [0.15, 0.2) is 6.61 Å². The average Bonchev–Trinajstić information content (AvgIpc) is 2.62. The summed E-state index contributed by atoms with van der Waals surface area (Å²) in [6, 6.07) is 16.1. The lowest BCUT2D eigenvalue weighted by molar-refractivity contribution is -0.917. The highest BCUT2D eigenvalue weighted by Crippen LogP contribution is 2.15. The van der Waals surface area contributed by atoms with Crippen LogP contribution in [0.15, 0.2) is 53.0 Å². The van der Waals surface area contributed by atoms with E-state index in [0.717, 1.165) is 48.5 Å². The molecule has 0 atom stereocenters. The number of carbonyl (C=O) groups excluding carboxylic acids is 1. The van der Waals surface area contributed by atoms with Gasteiger partial charge in [-0.05, 0) is 30.7 Å². The third-order valence-corrected chi connectivity index (χ3v) is 5.35. The number of nitrogens with one attached hydrogen (secondary N) is 1. The molecule has 1 fully saturated rings. The minimum Gasteiger partial charge on any atom is -0.484 e. The maximum atomic E-state index is 12.4. The number of halogens is 1. The summed E-state index contributed by atoms with van der Waals surface area (Å²) < 4.78 is 6.80. The second kappa shape index (κ2) is 8.50. The van der Waals surface area contributed by atoms with E-state index in [4.69, 9.17) is 4.74 Å². The first-order valence-corrected chi connectivity index (χ1v) is 9.45. The third kappa shape index (κ3) is 5.06. The van der Waals surface area contributed by atoms with Gasteiger partial charge in [-0.1, -0.05) is 46.3 Å². The molecule has 1 amide bonds. The standard InChI is InChI=1S/C20H23BrN2O2/c1-16-5-4-7-18(13-16)25-15-20(24)23-11-9-22(10-12-23)14-17-6-2-3-8-19(17)21/h2-8,13H,9-12,14-15H2,1H3/p+1. The number of aryl methyl sites for hydroxylation is 1. The van der Waals surface area contributed by atoms with Crippen molar-refractivity contribution in [2.24, 2.45) is 0 Å². The van der Waals surface area contributed by atoms with E-state index in [9.17, 15) is 4.79 Å². The summed E-state index contributed by atoms with van der Waals surface area (Å²) in [7, 11) is 0. The summed E-state index contributed by atoms with van der Waals surface area (Å²) in [4.78, 5) is 15.8. The number of hydrogen-bond donors (Lipinski definition) is 1. The first-order chi connectivity index (χ1) is 12.1. The molecule has 1 aliphatic rings. The fraction of sp³-hybridized carbons (Fsp3) is 0.350. The molecule has 0 radical (unpaired) electrons. The fourth-order valence-electron chi connectivity index (χ4n) is 3.10. The van der Waals surface area contributed by atoms with Gasteiger partial charge in [0.05, 0.1) is 26.2 Å².